The molecule has 0 aromatic rings. The number of carbonyl (C=O) groups excluding carboxylic acids is 1. The number of alkyl carbamates (subject to hydrolysis) is 1. The van der Waals surface area contributed by atoms with E-state index >= 15 is 0 Å². The van der Waals surface area contributed by atoms with Crippen LogP contribution >= 0.6 is 0 Å². The average molecular weight is 169 g/mol. The van der Waals surface area contributed by atoms with Crippen LogP contribution in [0.4, 0.5) is 4.79 Å². The molecule has 1 heterocycles. The number of rotatable bonds is 1. The van der Waals surface area contributed by atoms with Gasteiger partial charge < -0.3 is 10.1 Å². The number of nitrogens with one attached hydrogen (secondary N) is 1. The predicted molar refractivity (Wildman–Crippen MR) is 46.9 cm³/mol. The highest BCUT2D eigenvalue weighted by Crippen LogP contribution is 2.15. The van der Waals surface area contributed by atoms with E-state index in [1.54, 1.807) is 0 Å². The fourth-order valence-corrected chi connectivity index (χ4v) is 0.909. The molecule has 68 valence electrons. The van der Waals surface area contributed by atoms with Gasteiger partial charge in [-0.05, 0) is 5.41 Å². The maximum Gasteiger partial charge on any atom is 0.407 e. The summed E-state index contributed by atoms with van der Waals surface area (Å²) < 4.78 is 4.73. The molecule has 1 atom stereocenters. The van der Waals surface area contributed by atoms with Crippen molar-refractivity contribution < 1.29 is 9.53 Å². The Kier molecular flexibility index (Phi) is 2.40. The summed E-state index contributed by atoms with van der Waals surface area (Å²) in [5.41, 5.74) is 0.160. The van der Waals surface area contributed by atoms with Crippen molar-refractivity contribution in [3.63, 3.8) is 0 Å². The van der Waals surface area contributed by atoms with Crippen LogP contribution in [0.5, 0.6) is 0 Å². The number of cyclic esters (lactones) is 1. The van der Waals surface area contributed by atoms with Crippen LogP contribution in [-0.4, -0.2) is 18.7 Å². The molecule has 0 saturated carbocycles. The molecule has 1 saturated heterocycles. The molecular weight excluding hydrogens is 154 g/mol. The van der Waals surface area contributed by atoms with Crippen LogP contribution in [0.3, 0.4) is 0 Å². The summed E-state index contributed by atoms with van der Waals surface area (Å²) in [6.45, 7) is 6.79. The van der Waals surface area contributed by atoms with E-state index in [0.29, 0.717) is 6.61 Å². The predicted octanol–water partition coefficient (Wildman–Crippen LogP) is 1.70. The Morgan fingerprint density at radius 1 is 1.58 bits per heavy atom. The molecule has 0 radical (unpaired) electrons. The highest BCUT2D eigenvalue weighted by molar-refractivity contribution is 5.70. The molecule has 1 aliphatic rings. The topological polar surface area (TPSA) is 38.3 Å². The lowest BCUT2D eigenvalue weighted by Gasteiger charge is -2.12. The summed E-state index contributed by atoms with van der Waals surface area (Å²) in [6.07, 6.45) is 3.73. The van der Waals surface area contributed by atoms with E-state index < -0.39 is 0 Å². The molecule has 0 bridgehead atoms. The van der Waals surface area contributed by atoms with Crippen LogP contribution in [0.25, 0.3) is 0 Å². The van der Waals surface area contributed by atoms with Crippen LogP contribution in [0.15, 0.2) is 12.2 Å². The third kappa shape index (κ3) is 2.95. The molecule has 0 aliphatic carbocycles. The molecule has 1 N–H and O–H groups in total. The van der Waals surface area contributed by atoms with Gasteiger partial charge in [-0.1, -0.05) is 32.9 Å². The molecule has 1 aliphatic heterocycles. The van der Waals surface area contributed by atoms with E-state index in [1.165, 1.54) is 0 Å². The first-order valence-corrected chi connectivity index (χ1v) is 4.10. The minimum Gasteiger partial charge on any atom is -0.447 e. The molecule has 0 spiro atoms. The van der Waals surface area contributed by atoms with Crippen molar-refractivity contribution in [1.82, 2.24) is 5.32 Å². The summed E-state index contributed by atoms with van der Waals surface area (Å²) in [7, 11) is 0. The molecule has 12 heavy (non-hydrogen) atoms. The Morgan fingerprint density at radius 3 is 2.67 bits per heavy atom. The van der Waals surface area contributed by atoms with Gasteiger partial charge in [-0.2, -0.15) is 0 Å². The number of hydrogen-bond acceptors (Lipinski definition) is 2. The number of amides is 1. The Morgan fingerprint density at radius 2 is 2.25 bits per heavy atom. The van der Waals surface area contributed by atoms with Gasteiger partial charge in [0.25, 0.3) is 0 Å². The standard InChI is InChI=1S/C9H15NO2/c1-9(2,3)5-4-7-6-12-8(11)10-7/h4-5,7H,6H2,1-3H3,(H,10,11). The van der Waals surface area contributed by atoms with E-state index in [4.69, 9.17) is 4.74 Å². The molecule has 0 aromatic heterocycles. The highest BCUT2D eigenvalue weighted by atomic mass is 16.6. The van der Waals surface area contributed by atoms with Crippen molar-refractivity contribution in [3.05, 3.63) is 12.2 Å². The van der Waals surface area contributed by atoms with E-state index in [9.17, 15) is 4.79 Å². The average Bonchev–Trinajstić information content (AvgIpc) is 2.30. The molecule has 1 fully saturated rings. The zero-order valence-electron chi connectivity index (χ0n) is 7.76. The van der Waals surface area contributed by atoms with Crippen molar-refractivity contribution >= 4 is 6.09 Å². The minimum atomic E-state index is -0.321. The zero-order valence-corrected chi connectivity index (χ0v) is 7.76. The Labute approximate surface area is 72.8 Å². The SMILES string of the molecule is CC(C)(C)C=CC1COC(=O)N1. The second-order valence-electron chi connectivity index (χ2n) is 4.07. The quantitative estimate of drug-likeness (QED) is 0.607. The van der Waals surface area contributed by atoms with Gasteiger partial charge >= 0.3 is 6.09 Å². The monoisotopic (exact) mass is 169 g/mol. The van der Waals surface area contributed by atoms with Gasteiger partial charge in [-0.3, -0.25) is 0 Å². The van der Waals surface area contributed by atoms with E-state index in [2.05, 4.69) is 32.2 Å². The maximum atomic E-state index is 10.6. The number of hydrogen-bond donors (Lipinski definition) is 1. The van der Waals surface area contributed by atoms with Crippen molar-refractivity contribution in [2.24, 2.45) is 5.41 Å². The summed E-state index contributed by atoms with van der Waals surface area (Å²) >= 11 is 0. The fourth-order valence-electron chi connectivity index (χ4n) is 0.909. The molecule has 3 heteroatoms. The second-order valence-corrected chi connectivity index (χ2v) is 4.07. The van der Waals surface area contributed by atoms with E-state index in [1.807, 2.05) is 6.08 Å². The fraction of sp³-hybridized carbons (Fsp3) is 0.667. The van der Waals surface area contributed by atoms with Crippen LogP contribution in [0.1, 0.15) is 20.8 Å². The van der Waals surface area contributed by atoms with E-state index in [0.717, 1.165) is 0 Å². The van der Waals surface area contributed by atoms with Crippen LogP contribution in [-0.2, 0) is 4.74 Å². The molecule has 0 aromatic carbocycles. The van der Waals surface area contributed by atoms with Crippen LogP contribution < -0.4 is 5.32 Å². The van der Waals surface area contributed by atoms with Crippen molar-refractivity contribution in [2.75, 3.05) is 6.61 Å². The molecule has 1 rings (SSSR count). The first-order chi connectivity index (χ1) is 5.47. The molecular formula is C9H15NO2. The van der Waals surface area contributed by atoms with Gasteiger partial charge in [0.05, 0.1) is 6.04 Å². The van der Waals surface area contributed by atoms with Crippen molar-refractivity contribution in [2.45, 2.75) is 26.8 Å². The maximum absolute atomic E-state index is 10.6. The lowest BCUT2D eigenvalue weighted by molar-refractivity contribution is 0.177. The zero-order chi connectivity index (χ0) is 9.19. The number of ether oxygens (including phenoxy) is 1. The highest BCUT2D eigenvalue weighted by Gasteiger charge is 2.19. The largest absolute Gasteiger partial charge is 0.447 e. The molecule has 1 amide bonds. The van der Waals surface area contributed by atoms with E-state index in [-0.39, 0.29) is 17.6 Å². The lowest BCUT2D eigenvalue weighted by atomic mass is 9.95. The van der Waals surface area contributed by atoms with Gasteiger partial charge in [0.2, 0.25) is 0 Å². The van der Waals surface area contributed by atoms with Crippen LogP contribution in [0, 0.1) is 5.41 Å². The third-order valence-electron chi connectivity index (χ3n) is 1.53. The lowest BCUT2D eigenvalue weighted by Crippen LogP contribution is -2.24. The van der Waals surface area contributed by atoms with Crippen LogP contribution in [0.2, 0.25) is 0 Å². The number of allylic oxidation sites excluding steroid dienone is 1. The second kappa shape index (κ2) is 3.17. The molecule has 1 unspecified atom stereocenters. The van der Waals surface area contributed by atoms with Gasteiger partial charge in [0.15, 0.2) is 0 Å². The Hall–Kier alpha value is -0.990. The Balaban J connectivity index is 2.42. The summed E-state index contributed by atoms with van der Waals surface area (Å²) in [5, 5.41) is 2.68. The van der Waals surface area contributed by atoms with Crippen molar-refractivity contribution in [1.29, 1.82) is 0 Å². The third-order valence-corrected chi connectivity index (χ3v) is 1.53. The summed E-state index contributed by atoms with van der Waals surface area (Å²) in [6, 6.07) is 0.0525. The summed E-state index contributed by atoms with van der Waals surface area (Å²) in [5.74, 6) is 0. The van der Waals surface area contributed by atoms with Gasteiger partial charge in [-0.15, -0.1) is 0 Å². The number of carbonyl (C=O) groups is 1. The normalized spacial score (nSPS) is 24.2. The minimum absolute atomic E-state index is 0.0525. The Bertz CT molecular complexity index is 203. The van der Waals surface area contributed by atoms with Gasteiger partial charge in [-0.25, -0.2) is 4.79 Å². The smallest absolute Gasteiger partial charge is 0.407 e. The van der Waals surface area contributed by atoms with Gasteiger partial charge in [0, 0.05) is 0 Å². The summed E-state index contributed by atoms with van der Waals surface area (Å²) in [4.78, 5) is 10.6. The molecule has 3 nitrogen and oxygen atoms in total. The van der Waals surface area contributed by atoms with Crippen molar-refractivity contribution in [3.8, 4) is 0 Å². The first kappa shape index (κ1) is 9.10. The first-order valence-electron chi connectivity index (χ1n) is 4.10. The van der Waals surface area contributed by atoms with Gasteiger partial charge in [0.1, 0.15) is 6.61 Å².